The summed E-state index contributed by atoms with van der Waals surface area (Å²) in [4.78, 5) is 26.5. The molecule has 168 valence electrons. The number of benzene rings is 1. The van der Waals surface area contributed by atoms with E-state index in [0.29, 0.717) is 30.1 Å². The van der Waals surface area contributed by atoms with Crippen LogP contribution in [0.5, 0.6) is 0 Å². The van der Waals surface area contributed by atoms with Crippen LogP contribution in [0.25, 0.3) is 11.0 Å². The minimum Gasteiger partial charge on any atom is -0.363 e. The van der Waals surface area contributed by atoms with Gasteiger partial charge in [0.15, 0.2) is 5.65 Å². The van der Waals surface area contributed by atoms with Gasteiger partial charge in [-0.15, -0.1) is 0 Å². The lowest BCUT2D eigenvalue weighted by Gasteiger charge is -2.31. The molecule has 0 radical (unpaired) electrons. The fraction of sp³-hybridized carbons (Fsp3) is 0.391. The highest BCUT2D eigenvalue weighted by Crippen LogP contribution is 2.33. The molecule has 6 nitrogen and oxygen atoms in total. The van der Waals surface area contributed by atoms with Gasteiger partial charge in [0.2, 0.25) is 5.91 Å². The van der Waals surface area contributed by atoms with Gasteiger partial charge in [-0.3, -0.25) is 4.79 Å². The molecule has 1 fully saturated rings. The number of piperidine rings is 1. The van der Waals surface area contributed by atoms with Crippen molar-refractivity contribution in [1.29, 1.82) is 0 Å². The van der Waals surface area contributed by atoms with E-state index >= 15 is 0 Å². The molecule has 1 aromatic carbocycles. The first-order chi connectivity index (χ1) is 15.2. The molecule has 4 rings (SSSR count). The summed E-state index contributed by atoms with van der Waals surface area (Å²) in [5, 5.41) is 3.94. The molecule has 1 amide bonds. The van der Waals surface area contributed by atoms with Crippen LogP contribution in [0, 0.1) is 0 Å². The molecular weight excluding hydrogens is 419 g/mol. The largest absolute Gasteiger partial charge is 0.416 e. The zero-order valence-electron chi connectivity index (χ0n) is 17.9. The summed E-state index contributed by atoms with van der Waals surface area (Å²) in [5.74, 6) is 0.885. The third-order valence-electron chi connectivity index (χ3n) is 5.99. The Morgan fingerprint density at radius 2 is 1.91 bits per heavy atom. The molecule has 2 aromatic heterocycles. The minimum absolute atomic E-state index is 0.0866. The van der Waals surface area contributed by atoms with Crippen LogP contribution in [0.15, 0.2) is 42.9 Å². The maximum atomic E-state index is 13.1. The number of amides is 1. The van der Waals surface area contributed by atoms with Gasteiger partial charge in [0.05, 0.1) is 10.9 Å². The predicted octanol–water partition coefficient (Wildman–Crippen LogP) is 4.94. The molecule has 0 spiro atoms. The molecule has 3 heterocycles. The third-order valence-corrected chi connectivity index (χ3v) is 5.99. The van der Waals surface area contributed by atoms with Crippen LogP contribution in [0.4, 0.5) is 19.0 Å². The highest BCUT2D eigenvalue weighted by molar-refractivity contribution is 5.86. The minimum atomic E-state index is -4.39. The van der Waals surface area contributed by atoms with Crippen LogP contribution in [-0.4, -0.2) is 38.8 Å². The molecule has 32 heavy (non-hydrogen) atoms. The number of halogens is 3. The Kier molecular flexibility index (Phi) is 5.99. The van der Waals surface area contributed by atoms with Gasteiger partial charge in [0, 0.05) is 32.3 Å². The molecule has 1 unspecified atom stereocenters. The highest BCUT2D eigenvalue weighted by atomic mass is 19.4. The van der Waals surface area contributed by atoms with Gasteiger partial charge >= 0.3 is 6.18 Å². The third kappa shape index (κ3) is 4.66. The van der Waals surface area contributed by atoms with Crippen molar-refractivity contribution < 1.29 is 18.0 Å². The van der Waals surface area contributed by atoms with Crippen LogP contribution < -0.4 is 5.32 Å². The lowest BCUT2D eigenvalue weighted by molar-refractivity contribution is -0.137. The molecule has 1 saturated heterocycles. The van der Waals surface area contributed by atoms with Gasteiger partial charge in [-0.1, -0.05) is 12.1 Å². The summed E-state index contributed by atoms with van der Waals surface area (Å²) in [6.45, 7) is 4.79. The Hall–Kier alpha value is -3.23. The van der Waals surface area contributed by atoms with E-state index < -0.39 is 17.8 Å². The van der Waals surface area contributed by atoms with Gasteiger partial charge < -0.3 is 10.2 Å². The maximum Gasteiger partial charge on any atom is 0.416 e. The van der Waals surface area contributed by atoms with Crippen molar-refractivity contribution in [2.24, 2.45) is 0 Å². The van der Waals surface area contributed by atoms with Crippen LogP contribution in [0.1, 0.15) is 55.3 Å². The maximum absolute atomic E-state index is 13.1. The first-order valence-corrected chi connectivity index (χ1v) is 10.5. The lowest BCUT2D eigenvalue weighted by atomic mass is 9.90. The average molecular weight is 443 g/mol. The number of alkyl halides is 3. The van der Waals surface area contributed by atoms with Crippen LogP contribution in [0.3, 0.4) is 0 Å². The Morgan fingerprint density at radius 1 is 1.16 bits per heavy atom. The molecule has 1 aliphatic heterocycles. The Labute approximate surface area is 183 Å². The van der Waals surface area contributed by atoms with Crippen molar-refractivity contribution >= 4 is 22.8 Å². The number of aromatic nitrogens is 3. The second kappa shape index (κ2) is 8.72. The number of likely N-dealkylation sites (tertiary alicyclic amines) is 1. The van der Waals surface area contributed by atoms with Crippen molar-refractivity contribution in [1.82, 2.24) is 19.9 Å². The number of anilines is 1. The molecule has 1 atom stereocenters. The van der Waals surface area contributed by atoms with Gasteiger partial charge in [-0.05, 0) is 55.0 Å². The van der Waals surface area contributed by atoms with E-state index in [4.69, 9.17) is 0 Å². The number of hydrogen-bond donors (Lipinski definition) is 1. The molecule has 1 N–H and O–H groups in total. The lowest BCUT2D eigenvalue weighted by Crippen LogP contribution is -2.36. The second-order valence-electron chi connectivity index (χ2n) is 8.13. The molecule has 3 aromatic rings. The van der Waals surface area contributed by atoms with E-state index in [0.717, 1.165) is 35.9 Å². The molecule has 0 bridgehead atoms. The van der Waals surface area contributed by atoms with Crippen LogP contribution in [0.2, 0.25) is 0 Å². The summed E-state index contributed by atoms with van der Waals surface area (Å²) in [6, 6.07) is 6.86. The molecule has 0 aliphatic carbocycles. The molecule has 9 heteroatoms. The first kappa shape index (κ1) is 22.0. The average Bonchev–Trinajstić information content (AvgIpc) is 2.78. The number of nitrogens with zero attached hydrogens (tertiary/aromatic N) is 4. The Balaban J connectivity index is 1.58. The highest BCUT2D eigenvalue weighted by Gasteiger charge is 2.30. The number of carbonyl (C=O) groups is 1. The number of pyridine rings is 1. The fourth-order valence-electron chi connectivity index (χ4n) is 4.10. The number of nitrogens with one attached hydrogen (secondary N) is 1. The monoisotopic (exact) mass is 443 g/mol. The van der Waals surface area contributed by atoms with E-state index in [1.165, 1.54) is 12.4 Å². The summed E-state index contributed by atoms with van der Waals surface area (Å²) in [6.07, 6.45) is 0.507. The zero-order chi connectivity index (χ0) is 22.9. The van der Waals surface area contributed by atoms with Crippen molar-refractivity contribution in [3.05, 3.63) is 59.5 Å². The quantitative estimate of drug-likeness (QED) is 0.618. The second-order valence-corrected chi connectivity index (χ2v) is 8.13. The van der Waals surface area contributed by atoms with E-state index in [1.54, 1.807) is 19.9 Å². The number of hydrogen-bond acceptors (Lipinski definition) is 5. The predicted molar refractivity (Wildman–Crippen MR) is 115 cm³/mol. The van der Waals surface area contributed by atoms with Crippen LogP contribution >= 0.6 is 0 Å². The summed E-state index contributed by atoms with van der Waals surface area (Å²) < 4.78 is 39.3. The van der Waals surface area contributed by atoms with Crippen molar-refractivity contribution in [2.75, 3.05) is 18.4 Å². The van der Waals surface area contributed by atoms with Gasteiger partial charge in [0.1, 0.15) is 12.1 Å². The molecule has 0 saturated carbocycles. The number of rotatable bonds is 4. The molecular formula is C23H24F3N5O. The Morgan fingerprint density at radius 3 is 2.59 bits per heavy atom. The number of carbonyl (C=O) groups excluding carboxylic acids is 1. The zero-order valence-corrected chi connectivity index (χ0v) is 17.9. The summed E-state index contributed by atoms with van der Waals surface area (Å²) >= 11 is 0. The summed E-state index contributed by atoms with van der Waals surface area (Å²) in [7, 11) is 0. The Bertz CT molecular complexity index is 1130. The van der Waals surface area contributed by atoms with Crippen molar-refractivity contribution in [2.45, 2.75) is 44.8 Å². The van der Waals surface area contributed by atoms with Crippen molar-refractivity contribution in [3.8, 4) is 0 Å². The van der Waals surface area contributed by atoms with Gasteiger partial charge in [0.25, 0.3) is 0 Å². The van der Waals surface area contributed by atoms with E-state index in [-0.39, 0.29) is 11.8 Å². The fourth-order valence-corrected chi connectivity index (χ4v) is 4.10. The summed E-state index contributed by atoms with van der Waals surface area (Å²) in [5.41, 5.74) is 1.39. The van der Waals surface area contributed by atoms with Crippen LogP contribution in [-0.2, 0) is 11.0 Å². The van der Waals surface area contributed by atoms with E-state index in [9.17, 15) is 18.0 Å². The smallest absolute Gasteiger partial charge is 0.363 e. The topological polar surface area (TPSA) is 71.0 Å². The molecule has 1 aliphatic rings. The van der Waals surface area contributed by atoms with Gasteiger partial charge in [-0.2, -0.15) is 13.2 Å². The van der Waals surface area contributed by atoms with Gasteiger partial charge in [-0.25, -0.2) is 15.0 Å². The SMILES string of the molecule is CC(=O)N1CCC(c2cnc3ncnc(NC(C)c4cccc(C(F)(F)F)c4)c3c2)CC1. The van der Waals surface area contributed by atoms with E-state index in [2.05, 4.69) is 20.3 Å². The standard InChI is InChI=1S/C23H24F3N5O/c1-14(17-4-3-5-19(10-17)23(24,25)26)30-22-20-11-18(12-27-21(20)28-13-29-22)16-6-8-31(9-7-16)15(2)32/h3-5,10-14,16H,6-9H2,1-2H3,(H,27,28,29,30). The van der Waals surface area contributed by atoms with E-state index in [1.807, 2.05) is 17.2 Å². The normalized spacial score (nSPS) is 16.2. The first-order valence-electron chi connectivity index (χ1n) is 10.5. The van der Waals surface area contributed by atoms with Crippen molar-refractivity contribution in [3.63, 3.8) is 0 Å². The number of fused-ring (bicyclic) bond motifs is 1.